The molecular weight excluding hydrogens is 246 g/mol. The lowest BCUT2D eigenvalue weighted by Crippen LogP contribution is -2.45. The van der Waals surface area contributed by atoms with Crippen molar-refractivity contribution in [1.82, 2.24) is 10.3 Å². The third kappa shape index (κ3) is 5.85. The molecule has 0 aliphatic heterocycles. The predicted molar refractivity (Wildman–Crippen MR) is 72.1 cm³/mol. The van der Waals surface area contributed by atoms with Crippen molar-refractivity contribution in [1.29, 1.82) is 0 Å². The highest BCUT2D eigenvalue weighted by Gasteiger charge is 2.21. The molecule has 0 saturated heterocycles. The first kappa shape index (κ1) is 14.9. The minimum Gasteiger partial charge on any atom is -0.481 e. The number of pyridine rings is 1. The number of rotatable bonds is 5. The number of carbonyl (C=O) groups excluding carboxylic acids is 1. The van der Waals surface area contributed by atoms with Gasteiger partial charge in [0.15, 0.2) is 0 Å². The quantitative estimate of drug-likeness (QED) is 0.760. The fourth-order valence-electron chi connectivity index (χ4n) is 1.57. The van der Waals surface area contributed by atoms with E-state index >= 15 is 0 Å². The Morgan fingerprint density at radius 2 is 2.11 bits per heavy atom. The molecule has 0 aliphatic carbocycles. The van der Waals surface area contributed by atoms with Crippen molar-refractivity contribution >= 4 is 17.7 Å². The molecule has 6 heteroatoms. The van der Waals surface area contributed by atoms with Gasteiger partial charge < -0.3 is 15.7 Å². The Labute approximate surface area is 112 Å². The Bertz CT molecular complexity index is 472. The van der Waals surface area contributed by atoms with Crippen molar-refractivity contribution in [3.63, 3.8) is 0 Å². The molecule has 0 unspecified atom stereocenters. The SMILES string of the molecule is Cc1cc(NC(=O)NC(C)(C)CCC(=O)O)ccn1. The monoisotopic (exact) mass is 265 g/mol. The molecule has 6 nitrogen and oxygen atoms in total. The standard InChI is InChI=1S/C13H19N3O3/c1-9-8-10(5-7-14-9)15-12(19)16-13(2,3)6-4-11(17)18/h5,7-8H,4,6H2,1-3H3,(H,17,18)(H2,14,15,16,19). The molecule has 1 rings (SSSR count). The largest absolute Gasteiger partial charge is 0.481 e. The Hall–Kier alpha value is -2.11. The molecule has 0 aromatic carbocycles. The lowest BCUT2D eigenvalue weighted by molar-refractivity contribution is -0.137. The number of anilines is 1. The maximum atomic E-state index is 11.8. The molecule has 0 saturated carbocycles. The third-order valence-electron chi connectivity index (χ3n) is 2.57. The molecule has 0 radical (unpaired) electrons. The van der Waals surface area contributed by atoms with E-state index in [4.69, 9.17) is 5.11 Å². The molecule has 1 heterocycles. The number of hydrogen-bond donors (Lipinski definition) is 3. The first-order valence-electron chi connectivity index (χ1n) is 6.02. The number of aromatic nitrogens is 1. The summed E-state index contributed by atoms with van der Waals surface area (Å²) in [5.41, 5.74) is 0.881. The highest BCUT2D eigenvalue weighted by molar-refractivity contribution is 5.89. The van der Waals surface area contributed by atoms with Gasteiger partial charge in [-0.05, 0) is 39.3 Å². The maximum Gasteiger partial charge on any atom is 0.319 e. The predicted octanol–water partition coefficient (Wildman–Crippen LogP) is 2.15. The number of carboxylic acids is 1. The van der Waals surface area contributed by atoms with E-state index in [1.165, 1.54) is 0 Å². The summed E-state index contributed by atoms with van der Waals surface area (Å²) in [5, 5.41) is 14.1. The Morgan fingerprint density at radius 1 is 1.42 bits per heavy atom. The number of nitrogens with one attached hydrogen (secondary N) is 2. The van der Waals surface area contributed by atoms with E-state index in [0.717, 1.165) is 5.69 Å². The van der Waals surface area contributed by atoms with Crippen LogP contribution >= 0.6 is 0 Å². The van der Waals surface area contributed by atoms with E-state index in [9.17, 15) is 9.59 Å². The van der Waals surface area contributed by atoms with Crippen molar-refractivity contribution in [2.24, 2.45) is 0 Å². The van der Waals surface area contributed by atoms with Gasteiger partial charge in [0.05, 0.1) is 0 Å². The van der Waals surface area contributed by atoms with Gasteiger partial charge in [-0.3, -0.25) is 9.78 Å². The lowest BCUT2D eigenvalue weighted by Gasteiger charge is -2.25. The average molecular weight is 265 g/mol. The van der Waals surface area contributed by atoms with E-state index in [-0.39, 0.29) is 12.5 Å². The van der Waals surface area contributed by atoms with Crippen molar-refractivity contribution in [3.8, 4) is 0 Å². The topological polar surface area (TPSA) is 91.3 Å². The molecule has 0 spiro atoms. The number of carbonyl (C=O) groups is 2. The summed E-state index contributed by atoms with van der Waals surface area (Å²) in [6.45, 7) is 5.40. The van der Waals surface area contributed by atoms with Gasteiger partial charge >= 0.3 is 12.0 Å². The van der Waals surface area contributed by atoms with Crippen LogP contribution in [0.1, 0.15) is 32.4 Å². The van der Waals surface area contributed by atoms with Gasteiger partial charge in [0, 0.05) is 29.5 Å². The summed E-state index contributed by atoms with van der Waals surface area (Å²) in [4.78, 5) is 26.4. The second-order valence-electron chi connectivity index (χ2n) is 5.04. The van der Waals surface area contributed by atoms with Crippen molar-refractivity contribution in [2.75, 3.05) is 5.32 Å². The van der Waals surface area contributed by atoms with Crippen LogP contribution in [0.4, 0.5) is 10.5 Å². The minimum atomic E-state index is -0.875. The molecule has 2 amide bonds. The Kier molecular flexibility index (Phi) is 4.86. The fraction of sp³-hybridized carbons (Fsp3) is 0.462. The first-order chi connectivity index (χ1) is 8.78. The normalized spacial score (nSPS) is 10.9. The van der Waals surface area contributed by atoms with E-state index in [1.807, 2.05) is 6.92 Å². The van der Waals surface area contributed by atoms with Gasteiger partial charge in [-0.1, -0.05) is 0 Å². The summed E-state index contributed by atoms with van der Waals surface area (Å²) < 4.78 is 0. The van der Waals surface area contributed by atoms with Gasteiger partial charge in [0.2, 0.25) is 0 Å². The molecule has 1 aromatic heterocycles. The van der Waals surface area contributed by atoms with Crippen LogP contribution in [0.3, 0.4) is 0 Å². The van der Waals surface area contributed by atoms with Crippen LogP contribution in [0, 0.1) is 6.92 Å². The number of carboxylic acid groups (broad SMARTS) is 1. The second kappa shape index (κ2) is 6.17. The van der Waals surface area contributed by atoms with Gasteiger partial charge in [-0.15, -0.1) is 0 Å². The molecule has 0 aliphatic rings. The number of nitrogens with zero attached hydrogens (tertiary/aromatic N) is 1. The summed E-state index contributed by atoms with van der Waals surface area (Å²) in [6, 6.07) is 3.08. The van der Waals surface area contributed by atoms with Gasteiger partial charge in [0.1, 0.15) is 0 Å². The molecule has 104 valence electrons. The van der Waals surface area contributed by atoms with E-state index in [2.05, 4.69) is 15.6 Å². The van der Waals surface area contributed by atoms with E-state index in [0.29, 0.717) is 12.1 Å². The zero-order valence-corrected chi connectivity index (χ0v) is 11.4. The summed E-state index contributed by atoms with van der Waals surface area (Å²) in [6.07, 6.45) is 1.99. The van der Waals surface area contributed by atoms with Crippen LogP contribution in [-0.4, -0.2) is 27.6 Å². The summed E-state index contributed by atoms with van der Waals surface area (Å²) in [7, 11) is 0. The van der Waals surface area contributed by atoms with Crippen LogP contribution in [-0.2, 0) is 4.79 Å². The maximum absolute atomic E-state index is 11.8. The molecule has 1 aromatic rings. The third-order valence-corrected chi connectivity index (χ3v) is 2.57. The smallest absolute Gasteiger partial charge is 0.319 e. The molecular formula is C13H19N3O3. The fourth-order valence-corrected chi connectivity index (χ4v) is 1.57. The lowest BCUT2D eigenvalue weighted by atomic mass is 9.99. The summed E-state index contributed by atoms with van der Waals surface area (Å²) >= 11 is 0. The van der Waals surface area contributed by atoms with Crippen LogP contribution in [0.5, 0.6) is 0 Å². The van der Waals surface area contributed by atoms with Crippen LogP contribution in [0.15, 0.2) is 18.3 Å². The van der Waals surface area contributed by atoms with Crippen molar-refractivity contribution in [3.05, 3.63) is 24.0 Å². The number of hydrogen-bond acceptors (Lipinski definition) is 3. The van der Waals surface area contributed by atoms with Crippen LogP contribution in [0.2, 0.25) is 0 Å². The molecule has 3 N–H and O–H groups in total. The zero-order valence-electron chi connectivity index (χ0n) is 11.4. The average Bonchev–Trinajstić information content (AvgIpc) is 2.25. The Morgan fingerprint density at radius 3 is 2.68 bits per heavy atom. The van der Waals surface area contributed by atoms with Crippen LogP contribution in [0.25, 0.3) is 0 Å². The van der Waals surface area contributed by atoms with E-state index < -0.39 is 11.5 Å². The number of urea groups is 1. The molecule has 0 bridgehead atoms. The van der Waals surface area contributed by atoms with Crippen LogP contribution < -0.4 is 10.6 Å². The number of aryl methyl sites for hydroxylation is 1. The zero-order chi connectivity index (χ0) is 14.5. The van der Waals surface area contributed by atoms with Gasteiger partial charge in [0.25, 0.3) is 0 Å². The molecule has 19 heavy (non-hydrogen) atoms. The highest BCUT2D eigenvalue weighted by Crippen LogP contribution is 2.12. The second-order valence-corrected chi connectivity index (χ2v) is 5.04. The minimum absolute atomic E-state index is 0.0155. The van der Waals surface area contributed by atoms with Crippen molar-refractivity contribution in [2.45, 2.75) is 39.2 Å². The Balaban J connectivity index is 2.52. The number of amides is 2. The first-order valence-corrected chi connectivity index (χ1v) is 6.02. The van der Waals surface area contributed by atoms with Crippen molar-refractivity contribution < 1.29 is 14.7 Å². The van der Waals surface area contributed by atoms with Gasteiger partial charge in [-0.25, -0.2) is 4.79 Å². The van der Waals surface area contributed by atoms with E-state index in [1.54, 1.807) is 32.2 Å². The molecule has 0 fully saturated rings. The summed E-state index contributed by atoms with van der Waals surface area (Å²) in [5.74, 6) is -0.875. The highest BCUT2D eigenvalue weighted by atomic mass is 16.4. The number of aliphatic carboxylic acids is 1. The van der Waals surface area contributed by atoms with Gasteiger partial charge in [-0.2, -0.15) is 0 Å². The molecule has 0 atom stereocenters.